The number of hydrogen-bond acceptors (Lipinski definition) is 4. The molecule has 2 aromatic heterocycles. The molecule has 1 aliphatic heterocycles. The van der Waals surface area contributed by atoms with E-state index in [0.29, 0.717) is 0 Å². The molecule has 19 heavy (non-hydrogen) atoms. The SMILES string of the molecule is O=c1cc(CN2CCCNCC2)nc2ccccn12. The fourth-order valence-electron chi connectivity index (χ4n) is 2.47. The Hall–Kier alpha value is -1.72. The lowest BCUT2D eigenvalue weighted by Gasteiger charge is -2.18. The number of nitrogens with one attached hydrogen (secondary N) is 1. The van der Waals surface area contributed by atoms with Crippen molar-refractivity contribution >= 4 is 5.65 Å². The number of fused-ring (bicyclic) bond motifs is 1. The van der Waals surface area contributed by atoms with E-state index in [2.05, 4.69) is 15.2 Å². The van der Waals surface area contributed by atoms with Crippen molar-refractivity contribution < 1.29 is 0 Å². The van der Waals surface area contributed by atoms with Crippen LogP contribution in [0.5, 0.6) is 0 Å². The number of aromatic nitrogens is 2. The zero-order valence-corrected chi connectivity index (χ0v) is 10.9. The Balaban J connectivity index is 1.86. The molecule has 0 atom stereocenters. The van der Waals surface area contributed by atoms with E-state index < -0.39 is 0 Å². The molecule has 0 aromatic carbocycles. The van der Waals surface area contributed by atoms with Crippen LogP contribution in [0.15, 0.2) is 35.3 Å². The summed E-state index contributed by atoms with van der Waals surface area (Å²) in [6, 6.07) is 7.26. The molecular formula is C14H18N4O. The predicted octanol–water partition coefficient (Wildman–Crippen LogP) is 0.490. The second kappa shape index (κ2) is 5.50. The molecule has 0 radical (unpaired) electrons. The highest BCUT2D eigenvalue weighted by molar-refractivity contribution is 5.37. The maximum absolute atomic E-state index is 12.0. The van der Waals surface area contributed by atoms with Crippen molar-refractivity contribution in [2.24, 2.45) is 0 Å². The monoisotopic (exact) mass is 258 g/mol. The lowest BCUT2D eigenvalue weighted by atomic mass is 10.3. The van der Waals surface area contributed by atoms with Gasteiger partial charge in [-0.05, 0) is 31.6 Å². The van der Waals surface area contributed by atoms with Crippen LogP contribution in [0.2, 0.25) is 0 Å². The molecule has 1 fully saturated rings. The van der Waals surface area contributed by atoms with Crippen molar-refractivity contribution in [3.05, 3.63) is 46.5 Å². The van der Waals surface area contributed by atoms with E-state index in [0.717, 1.165) is 50.5 Å². The fraction of sp³-hybridized carbons (Fsp3) is 0.429. The molecule has 1 N–H and O–H groups in total. The van der Waals surface area contributed by atoms with E-state index in [1.54, 1.807) is 16.7 Å². The van der Waals surface area contributed by atoms with Crippen molar-refractivity contribution in [2.45, 2.75) is 13.0 Å². The molecular weight excluding hydrogens is 240 g/mol. The van der Waals surface area contributed by atoms with Crippen LogP contribution in [0.1, 0.15) is 12.1 Å². The molecule has 0 saturated carbocycles. The van der Waals surface area contributed by atoms with Crippen molar-refractivity contribution in [2.75, 3.05) is 26.2 Å². The number of nitrogens with zero attached hydrogens (tertiary/aromatic N) is 3. The average molecular weight is 258 g/mol. The lowest BCUT2D eigenvalue weighted by Crippen LogP contribution is -2.29. The third-order valence-electron chi connectivity index (χ3n) is 3.44. The maximum Gasteiger partial charge on any atom is 0.258 e. The molecule has 2 aromatic rings. The summed E-state index contributed by atoms with van der Waals surface area (Å²) in [6.07, 6.45) is 2.90. The van der Waals surface area contributed by atoms with Crippen LogP contribution in [-0.2, 0) is 6.54 Å². The first-order chi connectivity index (χ1) is 9.33. The Morgan fingerprint density at radius 3 is 3.16 bits per heavy atom. The minimum Gasteiger partial charge on any atom is -0.315 e. The molecule has 1 saturated heterocycles. The zero-order valence-electron chi connectivity index (χ0n) is 10.9. The molecule has 1 aliphatic rings. The molecule has 100 valence electrons. The van der Waals surface area contributed by atoms with Crippen LogP contribution in [0.3, 0.4) is 0 Å². The summed E-state index contributed by atoms with van der Waals surface area (Å²) in [7, 11) is 0. The largest absolute Gasteiger partial charge is 0.315 e. The Morgan fingerprint density at radius 1 is 1.26 bits per heavy atom. The highest BCUT2D eigenvalue weighted by Gasteiger charge is 2.10. The van der Waals surface area contributed by atoms with Gasteiger partial charge in [-0.2, -0.15) is 0 Å². The van der Waals surface area contributed by atoms with Crippen molar-refractivity contribution in [3.8, 4) is 0 Å². The molecule has 0 unspecified atom stereocenters. The van der Waals surface area contributed by atoms with E-state index in [9.17, 15) is 4.79 Å². The molecule has 5 heteroatoms. The molecule has 0 amide bonds. The number of pyridine rings is 1. The summed E-state index contributed by atoms with van der Waals surface area (Å²) in [4.78, 5) is 18.9. The second-order valence-electron chi connectivity index (χ2n) is 4.89. The summed E-state index contributed by atoms with van der Waals surface area (Å²) in [6.45, 7) is 4.90. The molecule has 3 rings (SSSR count). The van der Waals surface area contributed by atoms with Gasteiger partial charge in [0.25, 0.3) is 5.56 Å². The zero-order chi connectivity index (χ0) is 13.1. The first-order valence-corrected chi connectivity index (χ1v) is 6.73. The van der Waals surface area contributed by atoms with Gasteiger partial charge in [-0.25, -0.2) is 4.98 Å². The van der Waals surface area contributed by atoms with Gasteiger partial charge in [-0.15, -0.1) is 0 Å². The van der Waals surface area contributed by atoms with Gasteiger partial charge in [-0.1, -0.05) is 6.07 Å². The van der Waals surface area contributed by atoms with Gasteiger partial charge >= 0.3 is 0 Å². The molecule has 0 bridgehead atoms. The maximum atomic E-state index is 12.0. The third kappa shape index (κ3) is 2.83. The fourth-order valence-corrected chi connectivity index (χ4v) is 2.47. The average Bonchev–Trinajstić information content (AvgIpc) is 2.67. The molecule has 0 aliphatic carbocycles. The first kappa shape index (κ1) is 12.3. The van der Waals surface area contributed by atoms with Crippen LogP contribution in [0, 0.1) is 0 Å². The molecule has 3 heterocycles. The minimum atomic E-state index is -0.00598. The van der Waals surface area contributed by atoms with E-state index in [-0.39, 0.29) is 5.56 Å². The normalized spacial score (nSPS) is 17.5. The van der Waals surface area contributed by atoms with Gasteiger partial charge in [0.15, 0.2) is 0 Å². The Kier molecular flexibility index (Phi) is 3.57. The number of hydrogen-bond donors (Lipinski definition) is 1. The quantitative estimate of drug-likeness (QED) is 0.852. The Bertz CT molecular complexity index is 614. The van der Waals surface area contributed by atoms with Crippen LogP contribution >= 0.6 is 0 Å². The minimum absolute atomic E-state index is 0.00598. The van der Waals surface area contributed by atoms with E-state index in [1.165, 1.54) is 0 Å². The smallest absolute Gasteiger partial charge is 0.258 e. The second-order valence-corrected chi connectivity index (χ2v) is 4.89. The molecule has 5 nitrogen and oxygen atoms in total. The summed E-state index contributed by atoms with van der Waals surface area (Å²) in [5.41, 5.74) is 1.57. The first-order valence-electron chi connectivity index (χ1n) is 6.73. The van der Waals surface area contributed by atoms with Gasteiger partial charge in [-0.3, -0.25) is 14.1 Å². The van der Waals surface area contributed by atoms with Crippen LogP contribution in [0.25, 0.3) is 5.65 Å². The third-order valence-corrected chi connectivity index (χ3v) is 3.44. The van der Waals surface area contributed by atoms with Gasteiger partial charge in [0.2, 0.25) is 0 Å². The van der Waals surface area contributed by atoms with Crippen molar-refractivity contribution in [1.82, 2.24) is 19.6 Å². The van der Waals surface area contributed by atoms with Crippen LogP contribution in [-0.4, -0.2) is 40.5 Å². The van der Waals surface area contributed by atoms with Crippen molar-refractivity contribution in [3.63, 3.8) is 0 Å². The topological polar surface area (TPSA) is 49.6 Å². The van der Waals surface area contributed by atoms with Gasteiger partial charge in [0, 0.05) is 31.9 Å². The molecule has 0 spiro atoms. The Labute approximate surface area is 111 Å². The van der Waals surface area contributed by atoms with Gasteiger partial charge < -0.3 is 5.32 Å². The summed E-state index contributed by atoms with van der Waals surface area (Å²) in [5.74, 6) is 0. The van der Waals surface area contributed by atoms with Crippen molar-refractivity contribution in [1.29, 1.82) is 0 Å². The Morgan fingerprint density at radius 2 is 2.21 bits per heavy atom. The highest BCUT2D eigenvalue weighted by atomic mass is 16.1. The van der Waals surface area contributed by atoms with Gasteiger partial charge in [0.1, 0.15) is 5.65 Å². The lowest BCUT2D eigenvalue weighted by molar-refractivity contribution is 0.281. The van der Waals surface area contributed by atoms with E-state index in [4.69, 9.17) is 0 Å². The van der Waals surface area contributed by atoms with Gasteiger partial charge in [0.05, 0.1) is 5.69 Å². The van der Waals surface area contributed by atoms with E-state index >= 15 is 0 Å². The predicted molar refractivity (Wildman–Crippen MR) is 74.2 cm³/mol. The van der Waals surface area contributed by atoms with Crippen LogP contribution < -0.4 is 10.9 Å². The summed E-state index contributed by atoms with van der Waals surface area (Å²) >= 11 is 0. The summed E-state index contributed by atoms with van der Waals surface area (Å²) in [5, 5.41) is 3.38. The van der Waals surface area contributed by atoms with Crippen LogP contribution in [0.4, 0.5) is 0 Å². The summed E-state index contributed by atoms with van der Waals surface area (Å²) < 4.78 is 1.58. The number of rotatable bonds is 2. The van der Waals surface area contributed by atoms with E-state index in [1.807, 2.05) is 18.2 Å². The highest BCUT2D eigenvalue weighted by Crippen LogP contribution is 2.04. The standard InChI is InChI=1S/C14H18N4O/c19-14-10-12(11-17-7-3-5-15-6-9-17)16-13-4-1-2-8-18(13)14/h1-2,4,8,10,15H,3,5-7,9,11H2.